The first kappa shape index (κ1) is 7.62. The SMILES string of the molecule is C[C@H](N=C=O)C1=CC=C[C+]=C1. The van der Waals surface area contributed by atoms with Crippen LogP contribution in [0.4, 0.5) is 0 Å². The number of hydrogen-bond donors (Lipinski definition) is 0. The summed E-state index contributed by atoms with van der Waals surface area (Å²) in [4.78, 5) is 13.5. The number of aliphatic imine (C=N–C) groups is 1. The monoisotopic (exact) mass is 146 g/mol. The summed E-state index contributed by atoms with van der Waals surface area (Å²) in [7, 11) is 0. The zero-order valence-corrected chi connectivity index (χ0v) is 6.24. The molecule has 0 aromatic rings. The molecule has 0 spiro atoms. The molecular weight excluding hydrogens is 138 g/mol. The minimum absolute atomic E-state index is 0.107. The molecule has 0 saturated heterocycles. The first-order valence-corrected chi connectivity index (χ1v) is 3.37. The van der Waals surface area contributed by atoms with Crippen LogP contribution in [0.15, 0.2) is 34.9 Å². The van der Waals surface area contributed by atoms with Crippen molar-refractivity contribution in [3.63, 3.8) is 0 Å². The second-order valence-electron chi connectivity index (χ2n) is 2.23. The molecule has 0 amide bonds. The summed E-state index contributed by atoms with van der Waals surface area (Å²) >= 11 is 0. The molecule has 1 aliphatic carbocycles. The van der Waals surface area contributed by atoms with E-state index in [0.717, 1.165) is 5.57 Å². The van der Waals surface area contributed by atoms with Crippen molar-refractivity contribution in [2.45, 2.75) is 13.0 Å². The Labute approximate surface area is 65.6 Å². The molecule has 54 valence electrons. The van der Waals surface area contributed by atoms with E-state index in [1.165, 1.54) is 6.08 Å². The highest BCUT2D eigenvalue weighted by Gasteiger charge is 2.10. The quantitative estimate of drug-likeness (QED) is 0.330. The first-order chi connectivity index (χ1) is 5.34. The number of allylic oxidation sites excluding steroid dienone is 4. The predicted octanol–water partition coefficient (Wildman–Crippen LogP) is 1.57. The highest BCUT2D eigenvalue weighted by Crippen LogP contribution is 2.10. The Hall–Kier alpha value is -1.49. The Morgan fingerprint density at radius 1 is 1.73 bits per heavy atom. The van der Waals surface area contributed by atoms with Crippen molar-refractivity contribution in [1.82, 2.24) is 0 Å². The van der Waals surface area contributed by atoms with Gasteiger partial charge in [0.2, 0.25) is 6.08 Å². The van der Waals surface area contributed by atoms with Crippen LogP contribution in [0, 0.1) is 6.08 Å². The van der Waals surface area contributed by atoms with E-state index in [1.807, 2.05) is 25.2 Å². The van der Waals surface area contributed by atoms with Crippen molar-refractivity contribution in [1.29, 1.82) is 0 Å². The predicted molar refractivity (Wildman–Crippen MR) is 42.6 cm³/mol. The van der Waals surface area contributed by atoms with Crippen LogP contribution in [0.5, 0.6) is 0 Å². The number of nitrogens with zero attached hydrogens (tertiary/aromatic N) is 1. The smallest absolute Gasteiger partial charge is 0.211 e. The van der Waals surface area contributed by atoms with Gasteiger partial charge in [0.1, 0.15) is 18.2 Å². The minimum atomic E-state index is -0.107. The fourth-order valence-electron chi connectivity index (χ4n) is 0.821. The van der Waals surface area contributed by atoms with Crippen molar-refractivity contribution in [2.24, 2.45) is 4.99 Å². The molecule has 11 heavy (non-hydrogen) atoms. The third-order valence-electron chi connectivity index (χ3n) is 1.46. The maximum atomic E-state index is 9.89. The maximum Gasteiger partial charge on any atom is 0.236 e. The molecule has 0 bridgehead atoms. The average molecular weight is 146 g/mol. The van der Waals surface area contributed by atoms with Gasteiger partial charge in [-0.15, -0.1) is 0 Å². The van der Waals surface area contributed by atoms with Gasteiger partial charge in [0, 0.05) is 12.2 Å². The van der Waals surface area contributed by atoms with Crippen molar-refractivity contribution in [2.75, 3.05) is 0 Å². The topological polar surface area (TPSA) is 29.4 Å². The molecular formula is C9H8NO+. The van der Waals surface area contributed by atoms with Gasteiger partial charge >= 0.3 is 0 Å². The van der Waals surface area contributed by atoms with Gasteiger partial charge in [-0.2, -0.15) is 4.99 Å². The lowest BCUT2D eigenvalue weighted by Gasteiger charge is -1.97. The summed E-state index contributed by atoms with van der Waals surface area (Å²) in [6.07, 6.45) is 11.8. The van der Waals surface area contributed by atoms with Gasteiger partial charge in [-0.3, -0.25) is 0 Å². The maximum absolute atomic E-state index is 9.89. The minimum Gasteiger partial charge on any atom is -0.211 e. The van der Waals surface area contributed by atoms with Gasteiger partial charge in [0.15, 0.2) is 0 Å². The summed E-state index contributed by atoms with van der Waals surface area (Å²) in [5.41, 5.74) is 0.982. The standard InChI is InChI=1S/C9H8NO/c1-8(10-7-11)9-5-3-2-4-6-9/h2-3,5-6,8H,1H3/q+1/t8-/m0/s1. The van der Waals surface area contributed by atoms with Crippen molar-refractivity contribution in [3.8, 4) is 0 Å². The van der Waals surface area contributed by atoms with Gasteiger partial charge in [-0.1, -0.05) is 0 Å². The molecule has 0 fully saturated rings. The van der Waals surface area contributed by atoms with Gasteiger partial charge < -0.3 is 0 Å². The Morgan fingerprint density at radius 2 is 2.55 bits per heavy atom. The van der Waals surface area contributed by atoms with E-state index in [9.17, 15) is 4.79 Å². The molecule has 0 N–H and O–H groups in total. The van der Waals surface area contributed by atoms with E-state index in [2.05, 4.69) is 11.1 Å². The third kappa shape index (κ3) is 1.98. The fraction of sp³-hybridized carbons (Fsp3) is 0.222. The molecule has 1 rings (SSSR count). The van der Waals surface area contributed by atoms with Crippen LogP contribution in [0.25, 0.3) is 0 Å². The second kappa shape index (κ2) is 3.62. The van der Waals surface area contributed by atoms with Crippen LogP contribution in [-0.4, -0.2) is 12.1 Å². The lowest BCUT2D eigenvalue weighted by atomic mass is 10.1. The molecule has 0 heterocycles. The van der Waals surface area contributed by atoms with Crippen molar-refractivity contribution in [3.05, 3.63) is 36.0 Å². The molecule has 1 aliphatic rings. The van der Waals surface area contributed by atoms with Gasteiger partial charge in [-0.25, -0.2) is 4.79 Å². The number of rotatable bonds is 2. The van der Waals surface area contributed by atoms with E-state index in [0.29, 0.717) is 0 Å². The lowest BCUT2D eigenvalue weighted by molar-refractivity contribution is 0.561. The summed E-state index contributed by atoms with van der Waals surface area (Å²) in [6, 6.07) is -0.107. The fourth-order valence-corrected chi connectivity index (χ4v) is 0.821. The zero-order valence-electron chi connectivity index (χ0n) is 6.24. The van der Waals surface area contributed by atoms with Gasteiger partial charge in [-0.05, 0) is 6.92 Å². The van der Waals surface area contributed by atoms with E-state index in [4.69, 9.17) is 0 Å². The zero-order chi connectivity index (χ0) is 8.10. The van der Waals surface area contributed by atoms with E-state index in [1.54, 1.807) is 6.08 Å². The van der Waals surface area contributed by atoms with Crippen molar-refractivity contribution < 1.29 is 4.79 Å². The molecule has 0 radical (unpaired) electrons. The van der Waals surface area contributed by atoms with Crippen molar-refractivity contribution >= 4 is 6.08 Å². The third-order valence-corrected chi connectivity index (χ3v) is 1.46. The Bertz CT molecular complexity index is 267. The molecule has 0 aromatic carbocycles. The normalized spacial score (nSPS) is 16.3. The van der Waals surface area contributed by atoms with E-state index >= 15 is 0 Å². The number of hydrogen-bond acceptors (Lipinski definition) is 2. The Kier molecular flexibility index (Phi) is 2.51. The highest BCUT2D eigenvalue weighted by atomic mass is 16.1. The van der Waals surface area contributed by atoms with E-state index < -0.39 is 0 Å². The number of carbonyl (C=O) groups excluding carboxylic acids is 1. The van der Waals surface area contributed by atoms with Gasteiger partial charge in [0.05, 0.1) is 11.6 Å². The molecule has 0 saturated carbocycles. The molecule has 0 aliphatic heterocycles. The summed E-state index contributed by atoms with van der Waals surface area (Å²) in [5.74, 6) is 0. The highest BCUT2D eigenvalue weighted by molar-refractivity contribution is 5.39. The first-order valence-electron chi connectivity index (χ1n) is 3.37. The average Bonchev–Trinajstić information content (AvgIpc) is 2.07. The molecule has 0 aromatic heterocycles. The van der Waals surface area contributed by atoms with Crippen LogP contribution in [0.2, 0.25) is 0 Å². The second-order valence-corrected chi connectivity index (χ2v) is 2.23. The van der Waals surface area contributed by atoms with Crippen LogP contribution in [0.3, 0.4) is 0 Å². The molecule has 2 heteroatoms. The largest absolute Gasteiger partial charge is 0.236 e. The molecule has 0 unspecified atom stereocenters. The van der Waals surface area contributed by atoms with Gasteiger partial charge in [0.25, 0.3) is 0 Å². The summed E-state index contributed by atoms with van der Waals surface area (Å²) < 4.78 is 0. The van der Waals surface area contributed by atoms with Crippen LogP contribution < -0.4 is 0 Å². The van der Waals surface area contributed by atoms with Crippen LogP contribution in [0.1, 0.15) is 6.92 Å². The lowest BCUT2D eigenvalue weighted by Crippen LogP contribution is -2.00. The van der Waals surface area contributed by atoms with Crippen LogP contribution >= 0.6 is 0 Å². The molecule has 1 atom stereocenters. The Balaban J connectivity index is 2.75. The van der Waals surface area contributed by atoms with Crippen LogP contribution in [-0.2, 0) is 4.79 Å². The molecule has 2 nitrogen and oxygen atoms in total. The van der Waals surface area contributed by atoms with E-state index in [-0.39, 0.29) is 6.04 Å². The number of isocyanates is 1. The Morgan fingerprint density at radius 3 is 3.09 bits per heavy atom. The summed E-state index contributed by atoms with van der Waals surface area (Å²) in [6.45, 7) is 1.84. The summed E-state index contributed by atoms with van der Waals surface area (Å²) in [5, 5.41) is 0.